The summed E-state index contributed by atoms with van der Waals surface area (Å²) in [5.74, 6) is 2.15. The van der Waals surface area contributed by atoms with Gasteiger partial charge in [-0.05, 0) is 45.8 Å². The molecule has 0 fully saturated rings. The minimum absolute atomic E-state index is 0.493. The van der Waals surface area contributed by atoms with Crippen LogP contribution in [0, 0.1) is 0 Å². The maximum absolute atomic E-state index is 6.50. The lowest BCUT2D eigenvalue weighted by Crippen LogP contribution is -2.01. The topological polar surface area (TPSA) is 77.8 Å². The smallest absolute Gasteiger partial charge is 0.227 e. The van der Waals surface area contributed by atoms with E-state index in [4.69, 9.17) is 28.8 Å². The van der Waals surface area contributed by atoms with E-state index in [0.29, 0.717) is 40.0 Å². The third kappa shape index (κ3) is 4.27. The zero-order valence-corrected chi connectivity index (χ0v) is 25.5. The summed E-state index contributed by atoms with van der Waals surface area (Å²) in [4.78, 5) is 20.4. The highest BCUT2D eigenvalue weighted by Crippen LogP contribution is 2.42. The molecule has 0 radical (unpaired) electrons. The zero-order valence-electron chi connectivity index (χ0n) is 25.5. The van der Waals surface area contributed by atoms with Gasteiger partial charge in [0.2, 0.25) is 5.89 Å². The van der Waals surface area contributed by atoms with Gasteiger partial charge in [-0.2, -0.15) is 0 Å². The molecule has 10 aromatic rings. The lowest BCUT2D eigenvalue weighted by molar-refractivity contribution is 0.617. The molecule has 6 nitrogen and oxygen atoms in total. The van der Waals surface area contributed by atoms with Gasteiger partial charge in [-0.15, -0.1) is 0 Å². The third-order valence-corrected chi connectivity index (χ3v) is 8.92. The number of fused-ring (bicyclic) bond motifs is 6. The second-order valence-electron chi connectivity index (χ2n) is 11.9. The molecule has 6 heteroatoms. The Morgan fingerprint density at radius 3 is 1.75 bits per heavy atom. The summed E-state index contributed by atoms with van der Waals surface area (Å²) in [6.45, 7) is 0. The lowest BCUT2D eigenvalue weighted by Gasteiger charge is -2.10. The molecular weight excluding hydrogens is 592 g/mol. The minimum Gasteiger partial charge on any atom is -0.456 e. The van der Waals surface area contributed by atoms with Crippen molar-refractivity contribution in [1.82, 2.24) is 19.9 Å². The second kappa shape index (κ2) is 10.4. The quantitative estimate of drug-likeness (QED) is 0.196. The van der Waals surface area contributed by atoms with Gasteiger partial charge in [-0.25, -0.2) is 19.9 Å². The van der Waals surface area contributed by atoms with Crippen LogP contribution in [0.15, 0.2) is 154 Å². The normalized spacial score (nSPS) is 11.8. The van der Waals surface area contributed by atoms with Gasteiger partial charge in [0.25, 0.3) is 0 Å². The number of hydrogen-bond acceptors (Lipinski definition) is 6. The molecule has 7 aromatic carbocycles. The monoisotopic (exact) mass is 616 g/mol. The van der Waals surface area contributed by atoms with E-state index in [1.165, 1.54) is 0 Å². The van der Waals surface area contributed by atoms with E-state index in [1.807, 2.05) is 84.9 Å². The first-order valence-corrected chi connectivity index (χ1v) is 15.8. The first-order chi connectivity index (χ1) is 23.7. The lowest BCUT2D eigenvalue weighted by atomic mass is 10.0. The van der Waals surface area contributed by atoms with E-state index in [9.17, 15) is 0 Å². The number of aromatic nitrogens is 4. The highest BCUT2D eigenvalue weighted by Gasteiger charge is 2.24. The van der Waals surface area contributed by atoms with Gasteiger partial charge in [0, 0.05) is 33.5 Å². The Labute approximate surface area is 274 Å². The summed E-state index contributed by atoms with van der Waals surface area (Å²) in [5, 5.41) is 6.36. The molecule has 3 aromatic heterocycles. The fourth-order valence-electron chi connectivity index (χ4n) is 6.60. The Bertz CT molecular complexity index is 2850. The Balaban J connectivity index is 1.28. The number of benzene rings is 7. The van der Waals surface area contributed by atoms with E-state index in [-0.39, 0.29) is 0 Å². The van der Waals surface area contributed by atoms with Crippen molar-refractivity contribution < 1.29 is 8.83 Å². The number of oxazole rings is 1. The highest BCUT2D eigenvalue weighted by molar-refractivity contribution is 6.18. The minimum atomic E-state index is 0.493. The van der Waals surface area contributed by atoms with Crippen molar-refractivity contribution in [3.8, 4) is 45.6 Å². The van der Waals surface area contributed by atoms with Crippen molar-refractivity contribution in [2.75, 3.05) is 0 Å². The molecule has 0 aliphatic heterocycles. The number of furan rings is 1. The molecule has 10 rings (SSSR count). The number of rotatable bonds is 4. The van der Waals surface area contributed by atoms with Crippen LogP contribution in [0.1, 0.15) is 0 Å². The molecule has 0 amide bonds. The standard InChI is InChI=1S/C42H24N4O2/c1-2-12-27(13-3-1)39-44-40(30-20-18-25-10-4-6-14-28(25)22-30)46-41(45-39)37-36-32-16-8-9-17-33(32)47-34(36)24-35-38(37)43-42(48-35)31-21-19-26-11-5-7-15-29(26)23-31/h1-24H. The number of nitrogens with zero attached hydrogens (tertiary/aromatic N) is 4. The molecule has 0 atom stereocenters. The fraction of sp³-hybridized carbons (Fsp3) is 0. The molecule has 0 aliphatic rings. The van der Waals surface area contributed by atoms with Gasteiger partial charge >= 0.3 is 0 Å². The number of para-hydroxylation sites is 1. The van der Waals surface area contributed by atoms with Crippen molar-refractivity contribution >= 4 is 54.6 Å². The van der Waals surface area contributed by atoms with Gasteiger partial charge in [0.1, 0.15) is 16.7 Å². The molecular formula is C42H24N4O2. The molecule has 48 heavy (non-hydrogen) atoms. The highest BCUT2D eigenvalue weighted by atomic mass is 16.4. The van der Waals surface area contributed by atoms with Crippen LogP contribution in [-0.4, -0.2) is 19.9 Å². The van der Waals surface area contributed by atoms with E-state index in [2.05, 4.69) is 60.7 Å². The molecule has 0 bridgehead atoms. The van der Waals surface area contributed by atoms with Crippen LogP contribution in [0.5, 0.6) is 0 Å². The van der Waals surface area contributed by atoms with Gasteiger partial charge in [0.15, 0.2) is 23.1 Å². The van der Waals surface area contributed by atoms with Crippen LogP contribution in [0.4, 0.5) is 0 Å². The molecule has 224 valence electrons. The summed E-state index contributed by atoms with van der Waals surface area (Å²) >= 11 is 0. The van der Waals surface area contributed by atoms with Gasteiger partial charge in [-0.3, -0.25) is 0 Å². The zero-order chi connectivity index (χ0) is 31.6. The maximum Gasteiger partial charge on any atom is 0.227 e. The molecule has 0 saturated heterocycles. The van der Waals surface area contributed by atoms with E-state index in [1.54, 1.807) is 0 Å². The van der Waals surface area contributed by atoms with Crippen LogP contribution < -0.4 is 0 Å². The molecule has 3 heterocycles. The summed E-state index contributed by atoms with van der Waals surface area (Å²) in [7, 11) is 0. The SMILES string of the molecule is c1ccc(-c2nc(-c3ccc4ccccc4c3)nc(-c3c4nc(-c5ccc6ccccc6c5)oc4cc4oc5ccccc5c34)n2)cc1. The third-order valence-electron chi connectivity index (χ3n) is 8.92. The van der Waals surface area contributed by atoms with Gasteiger partial charge < -0.3 is 8.83 Å². The van der Waals surface area contributed by atoms with Crippen molar-refractivity contribution in [2.45, 2.75) is 0 Å². The van der Waals surface area contributed by atoms with Gasteiger partial charge in [0.05, 0.1) is 5.56 Å². The van der Waals surface area contributed by atoms with E-state index < -0.39 is 0 Å². The van der Waals surface area contributed by atoms with Gasteiger partial charge in [-0.1, -0.05) is 115 Å². The Kier molecular flexibility index (Phi) is 5.77. The van der Waals surface area contributed by atoms with Crippen LogP contribution in [0.3, 0.4) is 0 Å². The second-order valence-corrected chi connectivity index (χ2v) is 11.9. The molecule has 0 unspecified atom stereocenters. The van der Waals surface area contributed by atoms with Crippen molar-refractivity contribution in [3.63, 3.8) is 0 Å². The summed E-state index contributed by atoms with van der Waals surface area (Å²) < 4.78 is 12.9. The van der Waals surface area contributed by atoms with Crippen LogP contribution in [0.25, 0.3) is 100 Å². The fourth-order valence-corrected chi connectivity index (χ4v) is 6.60. The predicted octanol–water partition coefficient (Wildman–Crippen LogP) is 10.9. The average molecular weight is 617 g/mol. The maximum atomic E-state index is 6.50. The van der Waals surface area contributed by atoms with E-state index in [0.717, 1.165) is 60.2 Å². The molecule has 0 spiro atoms. The first kappa shape index (κ1) is 26.5. The summed E-state index contributed by atoms with van der Waals surface area (Å²) in [6, 6.07) is 49.0. The Morgan fingerprint density at radius 2 is 0.979 bits per heavy atom. The summed E-state index contributed by atoms with van der Waals surface area (Å²) in [5.41, 5.74) is 6.10. The Morgan fingerprint density at radius 1 is 0.375 bits per heavy atom. The largest absolute Gasteiger partial charge is 0.456 e. The van der Waals surface area contributed by atoms with Crippen molar-refractivity contribution in [1.29, 1.82) is 0 Å². The Hall–Kier alpha value is -6.66. The van der Waals surface area contributed by atoms with Crippen molar-refractivity contribution in [3.05, 3.63) is 146 Å². The van der Waals surface area contributed by atoms with Crippen LogP contribution in [-0.2, 0) is 0 Å². The van der Waals surface area contributed by atoms with Crippen molar-refractivity contribution in [2.24, 2.45) is 0 Å². The summed E-state index contributed by atoms with van der Waals surface area (Å²) in [6.07, 6.45) is 0. The van der Waals surface area contributed by atoms with Crippen LogP contribution in [0.2, 0.25) is 0 Å². The predicted molar refractivity (Wildman–Crippen MR) is 191 cm³/mol. The average Bonchev–Trinajstić information content (AvgIpc) is 3.75. The molecule has 0 aliphatic carbocycles. The van der Waals surface area contributed by atoms with Crippen LogP contribution >= 0.6 is 0 Å². The number of hydrogen-bond donors (Lipinski definition) is 0. The molecule has 0 N–H and O–H groups in total. The molecule has 0 saturated carbocycles. The first-order valence-electron chi connectivity index (χ1n) is 15.8. The van der Waals surface area contributed by atoms with E-state index >= 15 is 0 Å².